The van der Waals surface area contributed by atoms with Gasteiger partial charge in [0.15, 0.2) is 0 Å². The average Bonchev–Trinajstić information content (AvgIpc) is 2.74. The largest absolute Gasteiger partial charge is 0.497 e. The van der Waals surface area contributed by atoms with E-state index in [9.17, 15) is 9.59 Å². The van der Waals surface area contributed by atoms with Crippen LogP contribution in [-0.2, 0) is 0 Å². The van der Waals surface area contributed by atoms with E-state index in [4.69, 9.17) is 4.74 Å². The van der Waals surface area contributed by atoms with Crippen molar-refractivity contribution in [3.8, 4) is 11.4 Å². The molecule has 3 aromatic rings. The van der Waals surface area contributed by atoms with Gasteiger partial charge < -0.3 is 9.72 Å². The van der Waals surface area contributed by atoms with E-state index in [1.807, 2.05) is 0 Å². The maximum atomic E-state index is 11.9. The molecular formula is C12H10N4O3. The van der Waals surface area contributed by atoms with Crippen LogP contribution in [0.1, 0.15) is 0 Å². The Morgan fingerprint density at radius 3 is 2.58 bits per heavy atom. The first-order valence-electron chi connectivity index (χ1n) is 5.53. The van der Waals surface area contributed by atoms with Gasteiger partial charge in [-0.25, -0.2) is 14.2 Å². The monoisotopic (exact) mass is 258 g/mol. The number of aromatic nitrogens is 4. The maximum Gasteiger partial charge on any atom is 0.346 e. The number of hydrogen-bond acceptors (Lipinski definition) is 4. The van der Waals surface area contributed by atoms with Crippen LogP contribution in [0.2, 0.25) is 0 Å². The van der Waals surface area contributed by atoms with Gasteiger partial charge in [-0.15, -0.1) is 0 Å². The molecule has 19 heavy (non-hydrogen) atoms. The highest BCUT2D eigenvalue weighted by molar-refractivity contribution is 5.71. The first kappa shape index (κ1) is 11.3. The quantitative estimate of drug-likeness (QED) is 0.696. The number of methoxy groups -OCH3 is 1. The maximum absolute atomic E-state index is 11.9. The molecule has 0 spiro atoms. The van der Waals surface area contributed by atoms with Crippen LogP contribution >= 0.6 is 0 Å². The number of nitrogens with zero attached hydrogens (tertiary/aromatic N) is 2. The molecule has 0 saturated heterocycles. The van der Waals surface area contributed by atoms with Crippen molar-refractivity contribution in [3.05, 3.63) is 51.4 Å². The van der Waals surface area contributed by atoms with Gasteiger partial charge in [0.25, 0.3) is 0 Å². The summed E-state index contributed by atoms with van der Waals surface area (Å²) in [6.45, 7) is 0. The summed E-state index contributed by atoms with van der Waals surface area (Å²) in [5.41, 5.74) is 0.632. The van der Waals surface area contributed by atoms with Gasteiger partial charge in [-0.2, -0.15) is 4.98 Å². The molecule has 2 heterocycles. The Labute approximate surface area is 106 Å². The molecule has 7 heteroatoms. The summed E-state index contributed by atoms with van der Waals surface area (Å²) in [5, 5.41) is 0. The Morgan fingerprint density at radius 1 is 1.16 bits per heavy atom. The third-order valence-electron chi connectivity index (χ3n) is 2.79. The van der Waals surface area contributed by atoms with Crippen LogP contribution in [0.3, 0.4) is 0 Å². The summed E-state index contributed by atoms with van der Waals surface area (Å²) in [6.07, 6.45) is 1.33. The van der Waals surface area contributed by atoms with E-state index in [1.54, 1.807) is 31.4 Å². The van der Waals surface area contributed by atoms with E-state index in [2.05, 4.69) is 15.0 Å². The SMILES string of the molecule is COc1ccc(-n2c(=O)[nH]c3cnc(=O)[nH]c32)cc1. The minimum Gasteiger partial charge on any atom is -0.497 e. The number of nitrogens with one attached hydrogen (secondary N) is 2. The fourth-order valence-electron chi connectivity index (χ4n) is 1.90. The fraction of sp³-hybridized carbons (Fsp3) is 0.0833. The normalized spacial score (nSPS) is 10.8. The smallest absolute Gasteiger partial charge is 0.346 e. The second kappa shape index (κ2) is 4.13. The number of hydrogen-bond donors (Lipinski definition) is 2. The van der Waals surface area contributed by atoms with Crippen LogP contribution < -0.4 is 16.1 Å². The molecule has 0 radical (unpaired) electrons. The molecule has 96 valence electrons. The number of benzene rings is 1. The van der Waals surface area contributed by atoms with Crippen molar-refractivity contribution in [3.63, 3.8) is 0 Å². The number of aromatic amines is 2. The van der Waals surface area contributed by atoms with Gasteiger partial charge in [-0.1, -0.05) is 0 Å². The van der Waals surface area contributed by atoms with Crippen LogP contribution in [-0.4, -0.2) is 26.6 Å². The Kier molecular flexibility index (Phi) is 2.45. The fourth-order valence-corrected chi connectivity index (χ4v) is 1.90. The summed E-state index contributed by atoms with van der Waals surface area (Å²) >= 11 is 0. The molecule has 0 amide bonds. The van der Waals surface area contributed by atoms with Gasteiger partial charge >= 0.3 is 11.4 Å². The van der Waals surface area contributed by atoms with Crippen molar-refractivity contribution >= 4 is 11.2 Å². The number of imidazole rings is 1. The van der Waals surface area contributed by atoms with Crippen LogP contribution in [0.5, 0.6) is 5.75 Å². The zero-order valence-corrected chi connectivity index (χ0v) is 10.0. The zero-order valence-electron chi connectivity index (χ0n) is 10.0. The lowest BCUT2D eigenvalue weighted by molar-refractivity contribution is 0.414. The third-order valence-corrected chi connectivity index (χ3v) is 2.79. The van der Waals surface area contributed by atoms with E-state index in [-0.39, 0.29) is 5.69 Å². The Morgan fingerprint density at radius 2 is 1.89 bits per heavy atom. The molecule has 2 N–H and O–H groups in total. The lowest BCUT2D eigenvalue weighted by atomic mass is 10.3. The number of H-pyrrole nitrogens is 2. The Balaban J connectivity index is 2.28. The van der Waals surface area contributed by atoms with Crippen molar-refractivity contribution in [2.24, 2.45) is 0 Å². The minimum absolute atomic E-state index is 0.344. The van der Waals surface area contributed by atoms with Gasteiger partial charge in [-0.05, 0) is 24.3 Å². The van der Waals surface area contributed by atoms with Gasteiger partial charge in [0.05, 0.1) is 19.0 Å². The predicted octanol–water partition coefficient (Wildman–Crippen LogP) is 0.411. The highest BCUT2D eigenvalue weighted by atomic mass is 16.5. The van der Waals surface area contributed by atoms with Crippen LogP contribution in [0.25, 0.3) is 16.9 Å². The van der Waals surface area contributed by atoms with Crippen molar-refractivity contribution in [1.29, 1.82) is 0 Å². The first-order valence-corrected chi connectivity index (χ1v) is 5.53. The van der Waals surface area contributed by atoms with E-state index < -0.39 is 5.69 Å². The minimum atomic E-state index is -0.506. The highest BCUT2D eigenvalue weighted by Gasteiger charge is 2.09. The van der Waals surface area contributed by atoms with Crippen LogP contribution in [0.15, 0.2) is 40.1 Å². The van der Waals surface area contributed by atoms with Crippen molar-refractivity contribution in [2.75, 3.05) is 7.11 Å². The van der Waals surface area contributed by atoms with E-state index in [1.165, 1.54) is 10.8 Å². The lowest BCUT2D eigenvalue weighted by Gasteiger charge is -2.04. The molecular weight excluding hydrogens is 248 g/mol. The molecule has 0 fully saturated rings. The molecule has 0 unspecified atom stereocenters. The van der Waals surface area contributed by atoms with Crippen LogP contribution in [0.4, 0.5) is 0 Å². The molecule has 3 rings (SSSR count). The average molecular weight is 258 g/mol. The van der Waals surface area contributed by atoms with Gasteiger partial charge in [0.1, 0.15) is 16.9 Å². The highest BCUT2D eigenvalue weighted by Crippen LogP contribution is 2.16. The topological polar surface area (TPSA) is 92.8 Å². The molecule has 0 atom stereocenters. The van der Waals surface area contributed by atoms with Gasteiger partial charge in [0.2, 0.25) is 0 Å². The van der Waals surface area contributed by atoms with E-state index in [0.29, 0.717) is 22.6 Å². The Hall–Kier alpha value is -2.83. The summed E-state index contributed by atoms with van der Waals surface area (Å²) in [6, 6.07) is 6.93. The zero-order chi connectivity index (χ0) is 13.4. The van der Waals surface area contributed by atoms with Crippen molar-refractivity contribution in [2.45, 2.75) is 0 Å². The van der Waals surface area contributed by atoms with Gasteiger partial charge in [0, 0.05) is 0 Å². The summed E-state index contributed by atoms with van der Waals surface area (Å²) < 4.78 is 6.43. The first-order chi connectivity index (χ1) is 9.19. The molecule has 2 aromatic heterocycles. The Bertz CT molecular complexity index is 842. The van der Waals surface area contributed by atoms with Crippen LogP contribution in [0, 0.1) is 0 Å². The third kappa shape index (κ3) is 1.81. The standard InChI is InChI=1S/C12H10N4O3/c1-19-8-4-2-7(3-5-8)16-10-9(14-12(16)18)6-13-11(17)15-10/h2-6H,1H3,(H,14,18)(H,13,15,17). The number of ether oxygens (including phenoxy) is 1. The molecule has 0 aliphatic heterocycles. The second-order valence-electron chi connectivity index (χ2n) is 3.91. The molecule has 0 aliphatic rings. The summed E-state index contributed by atoms with van der Waals surface area (Å²) in [4.78, 5) is 31.9. The summed E-state index contributed by atoms with van der Waals surface area (Å²) in [5.74, 6) is 0.687. The molecule has 0 bridgehead atoms. The molecule has 1 aromatic carbocycles. The lowest BCUT2D eigenvalue weighted by Crippen LogP contribution is -2.16. The molecule has 0 aliphatic carbocycles. The van der Waals surface area contributed by atoms with E-state index in [0.717, 1.165) is 0 Å². The molecule has 7 nitrogen and oxygen atoms in total. The van der Waals surface area contributed by atoms with Crippen molar-refractivity contribution < 1.29 is 4.74 Å². The number of rotatable bonds is 2. The molecule has 0 saturated carbocycles. The summed E-state index contributed by atoms with van der Waals surface area (Å²) in [7, 11) is 1.57. The second-order valence-corrected chi connectivity index (χ2v) is 3.91. The predicted molar refractivity (Wildman–Crippen MR) is 68.9 cm³/mol. The van der Waals surface area contributed by atoms with Gasteiger partial charge in [-0.3, -0.25) is 4.98 Å². The van der Waals surface area contributed by atoms with E-state index >= 15 is 0 Å². The number of fused-ring (bicyclic) bond motifs is 1. The van der Waals surface area contributed by atoms with Crippen molar-refractivity contribution in [1.82, 2.24) is 19.5 Å².